The first-order chi connectivity index (χ1) is 14.0. The first-order valence-electron chi connectivity index (χ1n) is 9.26. The van der Waals surface area contributed by atoms with Crippen molar-refractivity contribution >= 4 is 29.3 Å². The number of fused-ring (bicyclic) bond motifs is 1. The van der Waals surface area contributed by atoms with E-state index < -0.39 is 29.7 Å². The number of carbonyl (C=O) groups is 4. The molecule has 1 fully saturated rings. The van der Waals surface area contributed by atoms with E-state index in [1.54, 1.807) is 18.2 Å². The molecule has 4 rings (SSSR count). The lowest BCUT2D eigenvalue weighted by Crippen LogP contribution is -2.54. The number of amides is 4. The summed E-state index contributed by atoms with van der Waals surface area (Å²) in [5, 5.41) is 14.5. The number of aliphatic hydroxyl groups excluding tert-OH is 1. The van der Waals surface area contributed by atoms with Crippen molar-refractivity contribution in [3.8, 4) is 0 Å². The molecule has 0 spiro atoms. The second-order valence-electron chi connectivity index (χ2n) is 7.00. The van der Waals surface area contributed by atoms with Crippen molar-refractivity contribution in [2.45, 2.75) is 32.0 Å². The highest BCUT2D eigenvalue weighted by atomic mass is 16.3. The molecule has 1 saturated heterocycles. The van der Waals surface area contributed by atoms with Gasteiger partial charge < -0.3 is 10.4 Å². The molecule has 0 radical (unpaired) electrons. The largest absolute Gasteiger partial charge is 0.392 e. The number of hydrogen-bond donors (Lipinski definition) is 3. The second-order valence-corrected chi connectivity index (χ2v) is 7.00. The van der Waals surface area contributed by atoms with Crippen LogP contribution in [0.5, 0.6) is 0 Å². The third-order valence-corrected chi connectivity index (χ3v) is 5.16. The Bertz CT molecular complexity index is 1020. The van der Waals surface area contributed by atoms with Gasteiger partial charge in [-0.1, -0.05) is 30.3 Å². The van der Waals surface area contributed by atoms with Gasteiger partial charge in [0.1, 0.15) is 6.04 Å². The Balaban J connectivity index is 1.57. The van der Waals surface area contributed by atoms with Crippen LogP contribution in [0.3, 0.4) is 0 Å². The molecule has 4 amide bonds. The van der Waals surface area contributed by atoms with E-state index in [9.17, 15) is 19.2 Å². The summed E-state index contributed by atoms with van der Waals surface area (Å²) in [6.07, 6.45) is 0.203. The standard InChI is InChI=1S/C21H19N3O5/c25-11-13-6-4-12(5-7-13)10-22-15-3-1-2-14-18(15)21(29)24(20(14)28)16-8-9-17(26)23-19(16)27/h1-7,16,22,25H,8-11H2,(H,23,26,27)/t16-/m0/s1. The van der Waals surface area contributed by atoms with Crippen LogP contribution in [-0.4, -0.2) is 39.7 Å². The Morgan fingerprint density at radius 3 is 2.41 bits per heavy atom. The first kappa shape index (κ1) is 18.8. The summed E-state index contributed by atoms with van der Waals surface area (Å²) in [4.78, 5) is 50.3. The van der Waals surface area contributed by atoms with Crippen LogP contribution in [0, 0.1) is 0 Å². The van der Waals surface area contributed by atoms with Crippen LogP contribution in [-0.2, 0) is 22.7 Å². The monoisotopic (exact) mass is 393 g/mol. The number of anilines is 1. The van der Waals surface area contributed by atoms with Crippen LogP contribution in [0.4, 0.5) is 5.69 Å². The lowest BCUT2D eigenvalue weighted by molar-refractivity contribution is -0.136. The average molecular weight is 393 g/mol. The molecule has 29 heavy (non-hydrogen) atoms. The fraction of sp³-hybridized carbons (Fsp3) is 0.238. The van der Waals surface area contributed by atoms with Crippen LogP contribution < -0.4 is 10.6 Å². The van der Waals surface area contributed by atoms with Crippen molar-refractivity contribution in [2.75, 3.05) is 5.32 Å². The number of aliphatic hydroxyl groups is 1. The van der Waals surface area contributed by atoms with Crippen molar-refractivity contribution < 1.29 is 24.3 Å². The summed E-state index contributed by atoms with van der Waals surface area (Å²) in [5.74, 6) is -2.11. The summed E-state index contributed by atoms with van der Waals surface area (Å²) in [5.41, 5.74) is 2.71. The maximum absolute atomic E-state index is 13.0. The van der Waals surface area contributed by atoms with E-state index >= 15 is 0 Å². The summed E-state index contributed by atoms with van der Waals surface area (Å²) in [7, 11) is 0. The van der Waals surface area contributed by atoms with E-state index in [4.69, 9.17) is 5.11 Å². The van der Waals surface area contributed by atoms with Crippen molar-refractivity contribution in [3.05, 3.63) is 64.7 Å². The van der Waals surface area contributed by atoms with Crippen LogP contribution in [0.1, 0.15) is 44.7 Å². The summed E-state index contributed by atoms with van der Waals surface area (Å²) in [6, 6.07) is 11.3. The van der Waals surface area contributed by atoms with Gasteiger partial charge in [-0.3, -0.25) is 29.4 Å². The van der Waals surface area contributed by atoms with Gasteiger partial charge in [-0.05, 0) is 29.7 Å². The van der Waals surface area contributed by atoms with Gasteiger partial charge in [0.05, 0.1) is 17.7 Å². The lowest BCUT2D eigenvalue weighted by atomic mass is 10.0. The van der Waals surface area contributed by atoms with Crippen LogP contribution in [0.25, 0.3) is 0 Å². The quantitative estimate of drug-likeness (QED) is 0.658. The summed E-state index contributed by atoms with van der Waals surface area (Å²) >= 11 is 0. The molecule has 2 aromatic rings. The zero-order valence-electron chi connectivity index (χ0n) is 15.5. The van der Waals surface area contributed by atoms with E-state index in [0.717, 1.165) is 16.0 Å². The molecule has 0 bridgehead atoms. The fourth-order valence-electron chi connectivity index (χ4n) is 3.62. The van der Waals surface area contributed by atoms with Gasteiger partial charge in [0.25, 0.3) is 11.8 Å². The Hall–Kier alpha value is -3.52. The molecular formula is C21H19N3O5. The first-order valence-corrected chi connectivity index (χ1v) is 9.26. The minimum atomic E-state index is -0.987. The molecule has 3 N–H and O–H groups in total. The number of carbonyl (C=O) groups excluding carboxylic acids is 4. The van der Waals surface area contributed by atoms with E-state index in [2.05, 4.69) is 10.6 Å². The highest BCUT2D eigenvalue weighted by Crippen LogP contribution is 2.32. The van der Waals surface area contributed by atoms with E-state index in [1.807, 2.05) is 24.3 Å². The van der Waals surface area contributed by atoms with Gasteiger partial charge in [0, 0.05) is 18.7 Å². The maximum Gasteiger partial charge on any atom is 0.264 e. The number of hydrogen-bond acceptors (Lipinski definition) is 6. The summed E-state index contributed by atoms with van der Waals surface area (Å²) in [6.45, 7) is 0.384. The van der Waals surface area contributed by atoms with E-state index in [-0.39, 0.29) is 30.6 Å². The van der Waals surface area contributed by atoms with Crippen LogP contribution in [0.2, 0.25) is 0 Å². The normalized spacial score (nSPS) is 18.7. The Morgan fingerprint density at radius 2 is 1.72 bits per heavy atom. The molecule has 8 nitrogen and oxygen atoms in total. The average Bonchev–Trinajstić information content (AvgIpc) is 2.98. The number of rotatable bonds is 5. The minimum absolute atomic E-state index is 0.0350. The molecule has 2 aliphatic heterocycles. The number of nitrogens with one attached hydrogen (secondary N) is 2. The smallest absolute Gasteiger partial charge is 0.264 e. The highest BCUT2D eigenvalue weighted by Gasteiger charge is 2.45. The third kappa shape index (κ3) is 3.38. The Labute approximate surface area is 166 Å². The van der Waals surface area contributed by atoms with Gasteiger partial charge in [-0.25, -0.2) is 0 Å². The predicted molar refractivity (Wildman–Crippen MR) is 103 cm³/mol. The molecule has 0 saturated carbocycles. The zero-order chi connectivity index (χ0) is 20.5. The molecule has 0 unspecified atom stereocenters. The van der Waals surface area contributed by atoms with Gasteiger partial charge >= 0.3 is 0 Å². The molecule has 148 valence electrons. The molecule has 2 aliphatic rings. The molecule has 0 aromatic heterocycles. The third-order valence-electron chi connectivity index (χ3n) is 5.16. The number of imide groups is 2. The lowest BCUT2D eigenvalue weighted by Gasteiger charge is -2.27. The molecular weight excluding hydrogens is 374 g/mol. The van der Waals surface area contributed by atoms with Gasteiger partial charge in [0.15, 0.2) is 0 Å². The minimum Gasteiger partial charge on any atom is -0.392 e. The van der Waals surface area contributed by atoms with Crippen LogP contribution in [0.15, 0.2) is 42.5 Å². The van der Waals surface area contributed by atoms with E-state index in [1.165, 1.54) is 0 Å². The van der Waals surface area contributed by atoms with Crippen LogP contribution >= 0.6 is 0 Å². The van der Waals surface area contributed by atoms with Gasteiger partial charge in [-0.15, -0.1) is 0 Å². The highest BCUT2D eigenvalue weighted by molar-refractivity contribution is 6.25. The molecule has 0 aliphatic carbocycles. The predicted octanol–water partition coefficient (Wildman–Crippen LogP) is 1.19. The number of benzene rings is 2. The number of piperidine rings is 1. The Kier molecular flexibility index (Phi) is 4.85. The van der Waals surface area contributed by atoms with E-state index in [0.29, 0.717) is 12.2 Å². The Morgan fingerprint density at radius 1 is 1.00 bits per heavy atom. The summed E-state index contributed by atoms with van der Waals surface area (Å²) < 4.78 is 0. The second kappa shape index (κ2) is 7.48. The molecule has 8 heteroatoms. The van der Waals surface area contributed by atoms with Crippen molar-refractivity contribution in [1.29, 1.82) is 0 Å². The molecule has 2 aromatic carbocycles. The van der Waals surface area contributed by atoms with Gasteiger partial charge in [-0.2, -0.15) is 0 Å². The number of nitrogens with zero attached hydrogens (tertiary/aromatic N) is 1. The van der Waals surface area contributed by atoms with Crippen molar-refractivity contribution in [1.82, 2.24) is 10.2 Å². The zero-order valence-corrected chi connectivity index (χ0v) is 15.5. The molecule has 2 heterocycles. The van der Waals surface area contributed by atoms with Gasteiger partial charge in [0.2, 0.25) is 11.8 Å². The fourth-order valence-corrected chi connectivity index (χ4v) is 3.62. The topological polar surface area (TPSA) is 116 Å². The maximum atomic E-state index is 13.0. The SMILES string of the molecule is O=C1CC[C@H](N2C(=O)c3cccc(NCc4ccc(CO)cc4)c3C2=O)C(=O)N1. The molecule has 1 atom stereocenters. The van der Waals surface area contributed by atoms with Crippen molar-refractivity contribution in [2.24, 2.45) is 0 Å². The van der Waals surface area contributed by atoms with Crippen molar-refractivity contribution in [3.63, 3.8) is 0 Å².